The summed E-state index contributed by atoms with van der Waals surface area (Å²) in [7, 11) is 0. The second kappa shape index (κ2) is 3.72. The normalized spacial score (nSPS) is 9.08. The van der Waals surface area contributed by atoms with Gasteiger partial charge in [0.25, 0.3) is 0 Å². The van der Waals surface area contributed by atoms with Gasteiger partial charge in [-0.25, -0.2) is 4.79 Å². The van der Waals surface area contributed by atoms with Crippen LogP contribution in [0.5, 0.6) is 5.75 Å². The topological polar surface area (TPSA) is 26.3 Å². The number of carbonyl (C=O) groups is 1. The van der Waals surface area contributed by atoms with Crippen LogP contribution in [0.25, 0.3) is 0 Å². The van der Waals surface area contributed by atoms with Crippen molar-refractivity contribution in [2.45, 2.75) is 0 Å². The van der Waals surface area contributed by atoms with Gasteiger partial charge in [-0.3, -0.25) is 0 Å². The largest absolute Gasteiger partial charge is 0.423 e. The van der Waals surface area contributed by atoms with Crippen molar-refractivity contribution in [3.63, 3.8) is 0 Å². The maximum Gasteiger partial charge on any atom is 0.335 e. The molecule has 0 N–H and O–H groups in total. The Kier molecular flexibility index (Phi) is 2.64. The second-order valence-corrected chi connectivity index (χ2v) is 2.27. The minimum atomic E-state index is -0.452. The lowest BCUT2D eigenvalue weighted by Gasteiger charge is -2.00. The molecule has 0 saturated carbocycles. The molecule has 2 heteroatoms. The van der Waals surface area contributed by atoms with Gasteiger partial charge in [0.2, 0.25) is 0 Å². The van der Waals surface area contributed by atoms with E-state index in [0.29, 0.717) is 5.75 Å². The molecule has 1 radical (unpaired) electrons. The maximum absolute atomic E-state index is 10.7. The zero-order chi connectivity index (χ0) is 8.97. The van der Waals surface area contributed by atoms with Crippen molar-refractivity contribution in [1.82, 2.24) is 0 Å². The molecule has 2 nitrogen and oxygen atoms in total. The van der Waals surface area contributed by atoms with Crippen molar-refractivity contribution in [2.75, 3.05) is 0 Å². The first-order valence-corrected chi connectivity index (χ1v) is 3.48. The summed E-state index contributed by atoms with van der Waals surface area (Å²) < 4.78 is 4.83. The van der Waals surface area contributed by atoms with Gasteiger partial charge in [0.15, 0.2) is 0 Å². The lowest BCUT2D eigenvalue weighted by atomic mass is 10.2. The summed E-state index contributed by atoms with van der Waals surface area (Å²) in [5.41, 5.74) is 0.883. The summed E-state index contributed by atoms with van der Waals surface area (Å²) in [6, 6.07) is 6.91. The van der Waals surface area contributed by atoms with Crippen molar-refractivity contribution in [3.8, 4) is 5.75 Å². The van der Waals surface area contributed by atoms with E-state index in [2.05, 4.69) is 13.5 Å². The second-order valence-electron chi connectivity index (χ2n) is 2.27. The quantitative estimate of drug-likeness (QED) is 0.376. The third-order valence-corrected chi connectivity index (χ3v) is 1.31. The first-order chi connectivity index (χ1) is 5.72. The van der Waals surface area contributed by atoms with E-state index in [1.54, 1.807) is 24.3 Å². The van der Waals surface area contributed by atoms with Gasteiger partial charge in [-0.1, -0.05) is 18.7 Å². The lowest BCUT2D eigenvalue weighted by Crippen LogP contribution is -2.02. The Labute approximate surface area is 71.5 Å². The molecule has 0 aliphatic carbocycles. The SMILES string of the molecule is [CH2]c1ccc(OC(=O)C=C)cc1. The minimum Gasteiger partial charge on any atom is -0.423 e. The van der Waals surface area contributed by atoms with Crippen LogP contribution in [0.2, 0.25) is 0 Å². The van der Waals surface area contributed by atoms with Gasteiger partial charge in [0.1, 0.15) is 5.75 Å². The van der Waals surface area contributed by atoms with E-state index in [1.807, 2.05) is 0 Å². The molecule has 0 atom stereocenters. The van der Waals surface area contributed by atoms with Crippen molar-refractivity contribution in [1.29, 1.82) is 0 Å². The summed E-state index contributed by atoms with van der Waals surface area (Å²) in [6.07, 6.45) is 1.12. The van der Waals surface area contributed by atoms with Crippen molar-refractivity contribution < 1.29 is 9.53 Å². The molecule has 0 aliphatic heterocycles. The Hall–Kier alpha value is -1.57. The minimum absolute atomic E-state index is 0.452. The van der Waals surface area contributed by atoms with E-state index < -0.39 is 5.97 Å². The summed E-state index contributed by atoms with van der Waals surface area (Å²) in [6.45, 7) is 6.99. The predicted octanol–water partition coefficient (Wildman–Crippen LogP) is 1.96. The molecule has 0 heterocycles. The first kappa shape index (κ1) is 8.53. The number of hydrogen-bond acceptors (Lipinski definition) is 2. The van der Waals surface area contributed by atoms with Crippen LogP contribution >= 0.6 is 0 Å². The van der Waals surface area contributed by atoms with Crippen LogP contribution in [0.3, 0.4) is 0 Å². The zero-order valence-corrected chi connectivity index (χ0v) is 6.62. The van der Waals surface area contributed by atoms with Crippen molar-refractivity contribution >= 4 is 5.97 Å². The summed E-state index contributed by atoms with van der Waals surface area (Å²) >= 11 is 0. The van der Waals surface area contributed by atoms with E-state index >= 15 is 0 Å². The molecule has 0 bridgehead atoms. The van der Waals surface area contributed by atoms with Gasteiger partial charge < -0.3 is 4.74 Å². The Balaban J connectivity index is 2.71. The van der Waals surface area contributed by atoms with Crippen LogP contribution in [-0.4, -0.2) is 5.97 Å². The molecule has 61 valence electrons. The van der Waals surface area contributed by atoms with Crippen LogP contribution < -0.4 is 4.74 Å². The molecule has 1 aromatic carbocycles. The monoisotopic (exact) mass is 161 g/mol. The number of benzene rings is 1. The Bertz CT molecular complexity index is 285. The van der Waals surface area contributed by atoms with Crippen LogP contribution in [-0.2, 0) is 4.79 Å². The average Bonchev–Trinajstić information content (AvgIpc) is 2.09. The Morgan fingerprint density at radius 3 is 2.42 bits per heavy atom. The third-order valence-electron chi connectivity index (χ3n) is 1.31. The molecule has 0 saturated heterocycles. The fourth-order valence-corrected chi connectivity index (χ4v) is 0.715. The van der Waals surface area contributed by atoms with Crippen LogP contribution in [0.4, 0.5) is 0 Å². The predicted molar refractivity (Wildman–Crippen MR) is 46.7 cm³/mol. The molecule has 12 heavy (non-hydrogen) atoms. The Morgan fingerprint density at radius 2 is 1.92 bits per heavy atom. The smallest absolute Gasteiger partial charge is 0.335 e. The van der Waals surface area contributed by atoms with Gasteiger partial charge in [-0.15, -0.1) is 0 Å². The lowest BCUT2D eigenvalue weighted by molar-refractivity contribution is -0.128. The summed E-state index contributed by atoms with van der Waals surface area (Å²) in [5, 5.41) is 0. The van der Waals surface area contributed by atoms with Crippen LogP contribution in [0, 0.1) is 6.92 Å². The van der Waals surface area contributed by atoms with Crippen LogP contribution in [0.1, 0.15) is 5.56 Å². The van der Waals surface area contributed by atoms with Crippen molar-refractivity contribution in [3.05, 3.63) is 49.4 Å². The molecular formula is C10H9O2. The molecular weight excluding hydrogens is 152 g/mol. The van der Waals surface area contributed by atoms with E-state index in [-0.39, 0.29) is 0 Å². The fourth-order valence-electron chi connectivity index (χ4n) is 0.715. The highest BCUT2D eigenvalue weighted by Crippen LogP contribution is 2.11. The highest BCUT2D eigenvalue weighted by Gasteiger charge is 1.97. The third kappa shape index (κ3) is 2.23. The standard InChI is InChI=1S/C10H9O2/c1-3-10(11)12-9-6-4-8(2)5-7-9/h3-7H,1-2H2. The van der Waals surface area contributed by atoms with Gasteiger partial charge in [0.05, 0.1) is 0 Å². The summed E-state index contributed by atoms with van der Waals surface area (Å²) in [4.78, 5) is 10.7. The first-order valence-electron chi connectivity index (χ1n) is 3.48. The average molecular weight is 161 g/mol. The number of esters is 1. The molecule has 0 fully saturated rings. The van der Waals surface area contributed by atoms with E-state index in [0.717, 1.165) is 11.6 Å². The van der Waals surface area contributed by atoms with Gasteiger partial charge in [-0.2, -0.15) is 0 Å². The van der Waals surface area contributed by atoms with Crippen molar-refractivity contribution in [2.24, 2.45) is 0 Å². The molecule has 1 rings (SSSR count). The van der Waals surface area contributed by atoms with Gasteiger partial charge in [0, 0.05) is 6.08 Å². The molecule has 0 unspecified atom stereocenters. The van der Waals surface area contributed by atoms with E-state index in [9.17, 15) is 4.79 Å². The highest BCUT2D eigenvalue weighted by atomic mass is 16.5. The zero-order valence-electron chi connectivity index (χ0n) is 6.62. The maximum atomic E-state index is 10.7. The van der Waals surface area contributed by atoms with E-state index in [1.165, 1.54) is 0 Å². The highest BCUT2D eigenvalue weighted by molar-refractivity contribution is 5.83. The Morgan fingerprint density at radius 1 is 1.33 bits per heavy atom. The number of ether oxygens (including phenoxy) is 1. The molecule has 0 aromatic heterocycles. The summed E-state index contributed by atoms with van der Waals surface area (Å²) in [5.74, 6) is 0.0547. The molecule has 1 aromatic rings. The van der Waals surface area contributed by atoms with Gasteiger partial charge in [-0.05, 0) is 24.6 Å². The fraction of sp³-hybridized carbons (Fsp3) is 0. The van der Waals surface area contributed by atoms with Crippen LogP contribution in [0.15, 0.2) is 36.9 Å². The molecule has 0 amide bonds. The molecule has 0 aliphatic rings. The van der Waals surface area contributed by atoms with Gasteiger partial charge >= 0.3 is 5.97 Å². The number of carbonyl (C=O) groups excluding carboxylic acids is 1. The molecule has 0 spiro atoms. The van der Waals surface area contributed by atoms with E-state index in [4.69, 9.17) is 4.74 Å². The number of hydrogen-bond donors (Lipinski definition) is 0. The number of rotatable bonds is 2.